The van der Waals surface area contributed by atoms with Crippen LogP contribution in [0.25, 0.3) is 0 Å². The summed E-state index contributed by atoms with van der Waals surface area (Å²) in [6, 6.07) is 4.49. The molecule has 0 radical (unpaired) electrons. The monoisotopic (exact) mass is 462 g/mol. The molecule has 1 N–H and O–H groups in total. The molecular weight excluding hydrogens is 424 g/mol. The summed E-state index contributed by atoms with van der Waals surface area (Å²) in [6.45, 7) is 11.3. The van der Waals surface area contributed by atoms with Gasteiger partial charge < -0.3 is 19.3 Å². The Hall–Kier alpha value is -1.26. The average molecular weight is 463 g/mol. The molecule has 1 aromatic rings. The molecule has 4 spiro atoms. The molecule has 34 heavy (non-hydrogen) atoms. The summed E-state index contributed by atoms with van der Waals surface area (Å²) in [4.78, 5) is 0. The van der Waals surface area contributed by atoms with E-state index < -0.39 is 11.2 Å². The molecular formula is C30H38O4. The van der Waals surface area contributed by atoms with E-state index >= 15 is 0 Å². The standard InChI is InChI=1S/C30H38O4/c1-23(2,3)25(5,31)17-13-26-10-11-27(17,33-7)22-30(26)19-18-15(8-9-16(32-6)20(18)34-22)12-28(21(19)30)24(4)14-29(24,26)28/h8-9,17,19,21-22,31H,10-14H2,1-7H3/t17?,19-,21+,22?,24?,25?,26?,27?,28+,29?,30?/m1/s1. The minimum Gasteiger partial charge on any atom is -0.493 e. The van der Waals surface area contributed by atoms with Crippen molar-refractivity contribution >= 4 is 0 Å². The zero-order valence-corrected chi connectivity index (χ0v) is 21.7. The molecule has 1 aliphatic heterocycles. The predicted molar refractivity (Wildman–Crippen MR) is 127 cm³/mol. The molecule has 0 aromatic heterocycles. The number of hydrogen-bond acceptors (Lipinski definition) is 4. The first-order valence-electron chi connectivity index (χ1n) is 13.6. The summed E-state index contributed by atoms with van der Waals surface area (Å²) in [5.74, 6) is 3.23. The highest BCUT2D eigenvalue weighted by Gasteiger charge is 3.17. The van der Waals surface area contributed by atoms with Crippen molar-refractivity contribution in [1.82, 2.24) is 0 Å². The van der Waals surface area contributed by atoms with Crippen LogP contribution in [0.3, 0.4) is 0 Å². The van der Waals surface area contributed by atoms with Gasteiger partial charge in [0.05, 0.1) is 12.7 Å². The number of rotatable bonds is 3. The second-order valence-electron chi connectivity index (χ2n) is 15.0. The van der Waals surface area contributed by atoms with E-state index in [0.717, 1.165) is 30.3 Å². The van der Waals surface area contributed by atoms with Crippen LogP contribution in [0.4, 0.5) is 0 Å². The van der Waals surface area contributed by atoms with E-state index in [1.165, 1.54) is 30.4 Å². The van der Waals surface area contributed by atoms with Crippen LogP contribution in [-0.2, 0) is 11.2 Å². The van der Waals surface area contributed by atoms with E-state index in [0.29, 0.717) is 22.2 Å². The fourth-order valence-corrected chi connectivity index (χ4v) is 13.2. The van der Waals surface area contributed by atoms with E-state index in [2.05, 4.69) is 46.8 Å². The van der Waals surface area contributed by atoms with Crippen LogP contribution in [-0.4, -0.2) is 36.6 Å². The Bertz CT molecular complexity index is 1240. The molecule has 8 unspecified atom stereocenters. The van der Waals surface area contributed by atoms with Crippen LogP contribution in [0.2, 0.25) is 0 Å². The highest BCUT2D eigenvalue weighted by molar-refractivity contribution is 5.73. The molecule has 0 amide bonds. The van der Waals surface area contributed by atoms with E-state index in [-0.39, 0.29) is 28.3 Å². The van der Waals surface area contributed by atoms with Crippen molar-refractivity contribution in [3.63, 3.8) is 0 Å². The van der Waals surface area contributed by atoms with Crippen molar-refractivity contribution in [3.8, 4) is 11.5 Å². The maximum absolute atomic E-state index is 12.3. The zero-order valence-electron chi connectivity index (χ0n) is 21.7. The highest BCUT2D eigenvalue weighted by atomic mass is 16.6. The first-order valence-corrected chi connectivity index (χ1v) is 13.6. The molecule has 7 saturated carbocycles. The lowest BCUT2D eigenvalue weighted by Gasteiger charge is -2.70. The summed E-state index contributed by atoms with van der Waals surface area (Å²) >= 11 is 0. The van der Waals surface area contributed by atoms with Gasteiger partial charge in [0.2, 0.25) is 0 Å². The Morgan fingerprint density at radius 1 is 1.12 bits per heavy atom. The smallest absolute Gasteiger partial charge is 0.165 e. The van der Waals surface area contributed by atoms with E-state index in [1.807, 2.05) is 7.11 Å². The molecule has 1 aromatic carbocycles. The number of benzene rings is 1. The molecule has 4 heteroatoms. The normalized spacial score (nSPS) is 58.7. The molecule has 0 saturated heterocycles. The second kappa shape index (κ2) is 4.60. The van der Waals surface area contributed by atoms with Gasteiger partial charge in [-0.1, -0.05) is 33.8 Å². The van der Waals surface area contributed by atoms with E-state index in [1.54, 1.807) is 7.11 Å². The summed E-state index contributed by atoms with van der Waals surface area (Å²) in [6.07, 6.45) is 5.95. The molecule has 4 nitrogen and oxygen atoms in total. The summed E-state index contributed by atoms with van der Waals surface area (Å²) in [5.41, 5.74) is 3.30. The van der Waals surface area contributed by atoms with Crippen molar-refractivity contribution in [1.29, 1.82) is 0 Å². The van der Waals surface area contributed by atoms with Gasteiger partial charge in [0, 0.05) is 29.9 Å². The summed E-state index contributed by atoms with van der Waals surface area (Å²) in [7, 11) is 3.66. The van der Waals surface area contributed by atoms with Crippen LogP contribution in [0.5, 0.6) is 11.5 Å². The van der Waals surface area contributed by atoms with Gasteiger partial charge in [-0.25, -0.2) is 0 Å². The van der Waals surface area contributed by atoms with Gasteiger partial charge in [-0.05, 0) is 83.7 Å². The molecule has 9 aliphatic rings. The summed E-state index contributed by atoms with van der Waals surface area (Å²) < 4.78 is 19.8. The Labute approximate surface area is 202 Å². The van der Waals surface area contributed by atoms with Gasteiger partial charge in [0.25, 0.3) is 0 Å². The minimum absolute atomic E-state index is 0.0000231. The maximum atomic E-state index is 12.3. The third-order valence-electron chi connectivity index (χ3n) is 14.6. The first kappa shape index (κ1) is 19.9. The van der Waals surface area contributed by atoms with Crippen molar-refractivity contribution in [3.05, 3.63) is 23.3 Å². The number of hydrogen-bond donors (Lipinski definition) is 1. The second-order valence-corrected chi connectivity index (χ2v) is 15.0. The van der Waals surface area contributed by atoms with E-state index in [9.17, 15) is 5.11 Å². The molecule has 11 atom stereocenters. The largest absolute Gasteiger partial charge is 0.493 e. The minimum atomic E-state index is -0.848. The third-order valence-corrected chi connectivity index (χ3v) is 14.6. The lowest BCUT2D eigenvalue weighted by Crippen LogP contribution is -2.76. The third kappa shape index (κ3) is 1.28. The molecule has 10 rings (SSSR count). The fourth-order valence-electron chi connectivity index (χ4n) is 13.2. The van der Waals surface area contributed by atoms with Crippen LogP contribution in [0, 0.1) is 44.3 Å². The van der Waals surface area contributed by atoms with Gasteiger partial charge in [0.1, 0.15) is 11.7 Å². The Morgan fingerprint density at radius 3 is 2.53 bits per heavy atom. The topological polar surface area (TPSA) is 47.9 Å². The van der Waals surface area contributed by atoms with Crippen LogP contribution < -0.4 is 9.47 Å². The predicted octanol–water partition coefficient (Wildman–Crippen LogP) is 5.10. The Morgan fingerprint density at radius 2 is 1.88 bits per heavy atom. The number of aliphatic hydroxyl groups is 1. The van der Waals surface area contributed by atoms with Gasteiger partial charge in [-0.15, -0.1) is 0 Å². The van der Waals surface area contributed by atoms with Gasteiger partial charge in [-0.2, -0.15) is 0 Å². The zero-order chi connectivity index (χ0) is 23.7. The van der Waals surface area contributed by atoms with Crippen molar-refractivity contribution in [2.45, 2.75) is 89.9 Å². The molecule has 8 aliphatic carbocycles. The lowest BCUT2D eigenvalue weighted by molar-refractivity contribution is -0.306. The summed E-state index contributed by atoms with van der Waals surface area (Å²) in [5, 5.41) is 12.3. The maximum Gasteiger partial charge on any atom is 0.165 e. The average Bonchev–Trinajstić information content (AvgIpc) is 3.72. The van der Waals surface area contributed by atoms with Crippen LogP contribution in [0.15, 0.2) is 12.1 Å². The Kier molecular flexibility index (Phi) is 2.69. The highest BCUT2D eigenvalue weighted by Crippen LogP contribution is 3.19. The molecule has 182 valence electrons. The van der Waals surface area contributed by atoms with E-state index in [4.69, 9.17) is 14.2 Å². The quantitative estimate of drug-likeness (QED) is 0.679. The van der Waals surface area contributed by atoms with Crippen molar-refractivity contribution in [2.75, 3.05) is 14.2 Å². The molecule has 7 fully saturated rings. The van der Waals surface area contributed by atoms with Crippen molar-refractivity contribution in [2.24, 2.45) is 44.3 Å². The Balaban J connectivity index is 1.36. The first-order chi connectivity index (χ1) is 15.9. The SMILES string of the molecule is COc1ccc2c3c1OC1C4(OC)CCC5(CC4C(C)(O)C(C)(C)C)C14[C@H]3[C@H]4[C@@]1(C2)C2(C)CC521. The fraction of sp³-hybridized carbons (Fsp3) is 0.800. The number of ether oxygens (including phenoxy) is 3. The number of methoxy groups -OCH3 is 2. The van der Waals surface area contributed by atoms with Crippen LogP contribution in [0.1, 0.15) is 77.3 Å². The number of fused-ring (bicyclic) bond motifs is 2. The van der Waals surface area contributed by atoms with Gasteiger partial charge >= 0.3 is 0 Å². The van der Waals surface area contributed by atoms with Gasteiger partial charge in [-0.3, -0.25) is 0 Å². The van der Waals surface area contributed by atoms with Gasteiger partial charge in [0.15, 0.2) is 11.5 Å². The van der Waals surface area contributed by atoms with Crippen molar-refractivity contribution < 1.29 is 19.3 Å². The van der Waals surface area contributed by atoms with Crippen LogP contribution >= 0.6 is 0 Å². The molecule has 1 heterocycles. The molecule has 2 bridgehead atoms. The lowest BCUT2D eigenvalue weighted by atomic mass is 9.39.